The van der Waals surface area contributed by atoms with Crippen molar-refractivity contribution >= 4 is 34.4 Å². The molecule has 0 radical (unpaired) electrons. The number of benzene rings is 2. The first-order valence-electron chi connectivity index (χ1n) is 11.0. The van der Waals surface area contributed by atoms with Crippen LogP contribution < -0.4 is 4.90 Å². The van der Waals surface area contributed by atoms with Crippen molar-refractivity contribution in [2.75, 3.05) is 24.5 Å². The first-order chi connectivity index (χ1) is 15.8. The predicted molar refractivity (Wildman–Crippen MR) is 123 cm³/mol. The number of carbonyl (C=O) groups is 3. The number of Topliss-reactive ketones (excluding diaryl/α,β-unsaturated/α-hetero) is 1. The number of nitrogens with zero attached hydrogens (tertiary/aromatic N) is 3. The normalized spacial score (nSPS) is 14.5. The van der Waals surface area contributed by atoms with E-state index in [9.17, 15) is 23.9 Å². The van der Waals surface area contributed by atoms with Crippen molar-refractivity contribution in [2.45, 2.75) is 19.8 Å². The summed E-state index contributed by atoms with van der Waals surface area (Å²) >= 11 is 0. The van der Waals surface area contributed by atoms with E-state index in [1.165, 1.54) is 12.1 Å². The lowest BCUT2D eigenvalue weighted by atomic mass is 9.88. The average molecular weight is 451 g/mol. The molecule has 0 saturated carbocycles. The predicted octanol–water partition coefficient (Wildman–Crippen LogP) is 4.56. The fourth-order valence-electron chi connectivity index (χ4n) is 4.50. The van der Waals surface area contributed by atoms with Crippen molar-refractivity contribution in [2.24, 2.45) is 13.0 Å². The van der Waals surface area contributed by atoms with E-state index in [0.717, 1.165) is 5.52 Å². The zero-order valence-electron chi connectivity index (χ0n) is 18.6. The van der Waals surface area contributed by atoms with Crippen LogP contribution in [0.5, 0.6) is 0 Å². The van der Waals surface area contributed by atoms with Gasteiger partial charge in [0.25, 0.3) is 0 Å². The molecule has 2 aromatic carbocycles. The highest BCUT2D eigenvalue weighted by atomic mass is 19.1. The van der Waals surface area contributed by atoms with Crippen LogP contribution in [0.1, 0.15) is 40.6 Å². The molecular weight excluding hydrogens is 425 g/mol. The monoisotopic (exact) mass is 451 g/mol. The summed E-state index contributed by atoms with van der Waals surface area (Å²) in [6.45, 7) is 3.25. The molecule has 1 aliphatic heterocycles. The Labute approximate surface area is 191 Å². The lowest BCUT2D eigenvalue weighted by molar-refractivity contribution is 0.0686. The molecule has 2 heterocycles. The minimum atomic E-state index is -1.01. The van der Waals surface area contributed by atoms with Crippen LogP contribution in [0.25, 0.3) is 10.9 Å². The van der Waals surface area contributed by atoms with Gasteiger partial charge in [-0.25, -0.2) is 14.0 Å². The maximum atomic E-state index is 13.2. The van der Waals surface area contributed by atoms with Crippen molar-refractivity contribution < 1.29 is 23.9 Å². The molecule has 3 aromatic rings. The number of carbonyl (C=O) groups excluding carboxylic acids is 2. The number of urea groups is 1. The van der Waals surface area contributed by atoms with Crippen LogP contribution in [-0.2, 0) is 7.05 Å². The van der Waals surface area contributed by atoms with Gasteiger partial charge in [0.2, 0.25) is 0 Å². The number of rotatable bonds is 5. The van der Waals surface area contributed by atoms with Gasteiger partial charge in [-0.1, -0.05) is 0 Å². The highest BCUT2D eigenvalue weighted by Gasteiger charge is 2.30. The third-order valence-electron chi connectivity index (χ3n) is 6.37. The van der Waals surface area contributed by atoms with Crippen molar-refractivity contribution in [3.63, 3.8) is 0 Å². The Kier molecular flexibility index (Phi) is 6.18. The number of halogens is 1. The lowest BCUT2D eigenvalue weighted by Crippen LogP contribution is -2.47. The second kappa shape index (κ2) is 9.05. The Morgan fingerprint density at radius 1 is 1.06 bits per heavy atom. The van der Waals surface area contributed by atoms with E-state index in [2.05, 4.69) is 0 Å². The molecule has 1 aliphatic rings. The van der Waals surface area contributed by atoms with E-state index >= 15 is 0 Å². The van der Waals surface area contributed by atoms with Crippen LogP contribution >= 0.6 is 0 Å². The van der Waals surface area contributed by atoms with Crippen molar-refractivity contribution in [3.05, 3.63) is 65.6 Å². The van der Waals surface area contributed by atoms with E-state index in [1.807, 2.05) is 6.92 Å². The van der Waals surface area contributed by atoms with Gasteiger partial charge in [0.15, 0.2) is 5.78 Å². The minimum Gasteiger partial charge on any atom is -0.477 e. The zero-order valence-corrected chi connectivity index (χ0v) is 18.6. The molecule has 1 aromatic heterocycles. The smallest absolute Gasteiger partial charge is 0.352 e. The molecule has 172 valence electrons. The molecule has 4 rings (SSSR count). The molecule has 0 unspecified atom stereocenters. The number of anilines is 1. The van der Waals surface area contributed by atoms with Crippen LogP contribution in [0.4, 0.5) is 14.9 Å². The number of piperidine rings is 1. The molecule has 0 atom stereocenters. The number of ketones is 1. The van der Waals surface area contributed by atoms with Crippen molar-refractivity contribution in [3.8, 4) is 0 Å². The molecule has 2 amide bonds. The van der Waals surface area contributed by atoms with Crippen LogP contribution in [0.3, 0.4) is 0 Å². The van der Waals surface area contributed by atoms with Crippen LogP contribution in [-0.4, -0.2) is 52.0 Å². The van der Waals surface area contributed by atoms with Gasteiger partial charge in [0, 0.05) is 54.8 Å². The second-order valence-electron chi connectivity index (χ2n) is 8.30. The summed E-state index contributed by atoms with van der Waals surface area (Å²) in [5.74, 6) is -1.56. The van der Waals surface area contributed by atoms with Crippen molar-refractivity contribution in [1.82, 2.24) is 9.47 Å². The quantitative estimate of drug-likeness (QED) is 0.577. The Balaban J connectivity index is 1.44. The number of hydrogen-bond donors (Lipinski definition) is 1. The van der Waals surface area contributed by atoms with E-state index < -0.39 is 5.97 Å². The van der Waals surface area contributed by atoms with E-state index in [4.69, 9.17) is 0 Å². The molecule has 0 spiro atoms. The van der Waals surface area contributed by atoms with Gasteiger partial charge in [-0.3, -0.25) is 9.69 Å². The zero-order chi connectivity index (χ0) is 23.7. The third kappa shape index (κ3) is 4.33. The number of likely N-dealkylation sites (tertiary alicyclic amines) is 1. The number of aromatic nitrogens is 1. The number of amides is 2. The summed E-state index contributed by atoms with van der Waals surface area (Å²) in [6.07, 6.45) is 1.11. The van der Waals surface area contributed by atoms with Gasteiger partial charge >= 0.3 is 12.0 Å². The van der Waals surface area contributed by atoms with Gasteiger partial charge in [-0.05, 0) is 68.3 Å². The number of carboxylic acid groups (broad SMARTS) is 1. The summed E-state index contributed by atoms with van der Waals surface area (Å²) in [5, 5.41) is 10.0. The summed E-state index contributed by atoms with van der Waals surface area (Å²) in [4.78, 5) is 40.8. The molecule has 0 aliphatic carbocycles. The Morgan fingerprint density at radius 2 is 1.73 bits per heavy atom. The first-order valence-corrected chi connectivity index (χ1v) is 11.0. The largest absolute Gasteiger partial charge is 0.477 e. The standard InChI is InChI=1S/C25H26FN3O4/c1-3-29(20-7-5-19(26)6-8-20)25(33)28-12-10-16(11-13-28)23(30)17-4-9-21-18(14-17)15-22(24(31)32)27(21)2/h4-9,14-16H,3,10-13H2,1-2H3,(H,31,32). The van der Waals surface area contributed by atoms with E-state index in [1.54, 1.807) is 57.8 Å². The Morgan fingerprint density at radius 3 is 2.33 bits per heavy atom. The second-order valence-corrected chi connectivity index (χ2v) is 8.30. The molecule has 1 fully saturated rings. The number of fused-ring (bicyclic) bond motifs is 1. The Bertz CT molecular complexity index is 1210. The summed E-state index contributed by atoms with van der Waals surface area (Å²) in [5.41, 5.74) is 2.11. The SMILES string of the molecule is CCN(C(=O)N1CCC(C(=O)c2ccc3c(c2)cc(C(=O)O)n3C)CC1)c1ccc(F)cc1. The van der Waals surface area contributed by atoms with Gasteiger partial charge in [-0.15, -0.1) is 0 Å². The van der Waals surface area contributed by atoms with Gasteiger partial charge in [-0.2, -0.15) is 0 Å². The number of aryl methyl sites for hydroxylation is 1. The molecule has 0 bridgehead atoms. The topological polar surface area (TPSA) is 82.8 Å². The van der Waals surface area contributed by atoms with Gasteiger partial charge in [0.05, 0.1) is 0 Å². The highest BCUT2D eigenvalue weighted by Crippen LogP contribution is 2.27. The minimum absolute atomic E-state index is 0.00982. The van der Waals surface area contributed by atoms with Crippen LogP contribution in [0.2, 0.25) is 0 Å². The van der Waals surface area contributed by atoms with Crippen LogP contribution in [0.15, 0.2) is 48.5 Å². The number of hydrogen-bond acceptors (Lipinski definition) is 3. The number of aromatic carboxylic acids is 1. The Hall–Kier alpha value is -3.68. The summed E-state index contributed by atoms with van der Waals surface area (Å²) < 4.78 is 14.8. The molecule has 33 heavy (non-hydrogen) atoms. The molecular formula is C25H26FN3O4. The molecule has 8 heteroatoms. The van der Waals surface area contributed by atoms with Crippen molar-refractivity contribution in [1.29, 1.82) is 0 Å². The van der Waals surface area contributed by atoms with Gasteiger partial charge in [0.1, 0.15) is 11.5 Å². The lowest BCUT2D eigenvalue weighted by Gasteiger charge is -2.35. The fourth-order valence-corrected chi connectivity index (χ4v) is 4.50. The first kappa shape index (κ1) is 22.5. The maximum Gasteiger partial charge on any atom is 0.352 e. The average Bonchev–Trinajstić information content (AvgIpc) is 3.16. The van der Waals surface area contributed by atoms with E-state index in [0.29, 0.717) is 49.1 Å². The summed E-state index contributed by atoms with van der Waals surface area (Å²) in [7, 11) is 1.69. The fraction of sp³-hybridized carbons (Fsp3) is 0.320. The maximum absolute atomic E-state index is 13.2. The molecule has 1 saturated heterocycles. The third-order valence-corrected chi connectivity index (χ3v) is 6.37. The summed E-state index contributed by atoms with van der Waals surface area (Å²) in [6, 6.07) is 12.5. The van der Waals surface area contributed by atoms with Crippen LogP contribution in [0, 0.1) is 11.7 Å². The highest BCUT2D eigenvalue weighted by molar-refractivity contribution is 6.03. The van der Waals surface area contributed by atoms with Gasteiger partial charge < -0.3 is 14.6 Å². The molecule has 1 N–H and O–H groups in total. The number of carboxylic acids is 1. The van der Waals surface area contributed by atoms with E-state index in [-0.39, 0.29) is 29.2 Å². The molecule has 7 nitrogen and oxygen atoms in total.